The van der Waals surface area contributed by atoms with Gasteiger partial charge in [0.1, 0.15) is 5.75 Å². The lowest BCUT2D eigenvalue weighted by atomic mass is 10.0. The van der Waals surface area contributed by atoms with Crippen molar-refractivity contribution in [2.45, 2.75) is 17.9 Å². The topological polar surface area (TPSA) is 71.5 Å². The van der Waals surface area contributed by atoms with Crippen LogP contribution in [0.1, 0.15) is 17.2 Å². The molecule has 0 spiro atoms. The molecule has 154 valence electrons. The van der Waals surface area contributed by atoms with Gasteiger partial charge in [0.15, 0.2) is 0 Å². The van der Waals surface area contributed by atoms with Crippen molar-refractivity contribution in [1.82, 2.24) is 14.6 Å². The zero-order chi connectivity index (χ0) is 19.7. The molecule has 0 amide bonds. The predicted molar refractivity (Wildman–Crippen MR) is 116 cm³/mol. The van der Waals surface area contributed by atoms with Crippen LogP contribution in [0.15, 0.2) is 59.6 Å². The lowest BCUT2D eigenvalue weighted by Crippen LogP contribution is -2.48. The predicted octanol–water partition coefficient (Wildman–Crippen LogP) is 3.31. The minimum Gasteiger partial charge on any atom is -0.496 e. The normalized spacial score (nSPS) is 17.7. The number of methoxy groups -OCH3 is 1. The van der Waals surface area contributed by atoms with Gasteiger partial charge in [0.05, 0.1) is 23.6 Å². The number of ether oxygens (including phenoxy) is 1. The van der Waals surface area contributed by atoms with Gasteiger partial charge >= 0.3 is 0 Å². The number of nitrogens with one attached hydrogen (secondary N) is 1. The molecule has 0 bridgehead atoms. The third-order valence-corrected chi connectivity index (χ3v) is 7.18. The Balaban J connectivity index is 0.00000240. The number of aromatic nitrogens is 1. The average molecular weight is 434 g/mol. The summed E-state index contributed by atoms with van der Waals surface area (Å²) in [6, 6.07) is 14.3. The fraction of sp³-hybridized carbons (Fsp3) is 0.286. The SMILES string of the molecule is COc1ccccc1C1CNCCN1S(=O)(=O)c1ccc(C)c2ncccc12.Cl. The molecular formula is C21H24ClN3O3S. The summed E-state index contributed by atoms with van der Waals surface area (Å²) in [5.74, 6) is 0.687. The van der Waals surface area contributed by atoms with Gasteiger partial charge in [-0.3, -0.25) is 4.98 Å². The van der Waals surface area contributed by atoms with Gasteiger partial charge in [-0.25, -0.2) is 8.42 Å². The molecule has 2 aromatic carbocycles. The monoisotopic (exact) mass is 433 g/mol. The van der Waals surface area contributed by atoms with Crippen molar-refractivity contribution in [2.75, 3.05) is 26.7 Å². The largest absolute Gasteiger partial charge is 0.496 e. The number of rotatable bonds is 4. The van der Waals surface area contributed by atoms with Crippen molar-refractivity contribution < 1.29 is 13.2 Å². The van der Waals surface area contributed by atoms with Crippen molar-refractivity contribution in [2.24, 2.45) is 0 Å². The van der Waals surface area contributed by atoms with E-state index in [-0.39, 0.29) is 18.4 Å². The fourth-order valence-corrected chi connectivity index (χ4v) is 5.61. The Morgan fingerprint density at radius 1 is 1.14 bits per heavy atom. The van der Waals surface area contributed by atoms with Crippen LogP contribution in [0.3, 0.4) is 0 Å². The van der Waals surface area contributed by atoms with E-state index in [1.54, 1.807) is 29.7 Å². The van der Waals surface area contributed by atoms with Gasteiger partial charge in [-0.2, -0.15) is 4.31 Å². The van der Waals surface area contributed by atoms with Crippen LogP contribution in [0.2, 0.25) is 0 Å². The van der Waals surface area contributed by atoms with Gasteiger partial charge in [0, 0.05) is 36.8 Å². The Morgan fingerprint density at radius 3 is 2.72 bits per heavy atom. The number of hydrogen-bond acceptors (Lipinski definition) is 5. The van der Waals surface area contributed by atoms with Crippen LogP contribution in [-0.2, 0) is 10.0 Å². The molecule has 0 aliphatic carbocycles. The first kappa shape index (κ1) is 21.5. The Hall–Kier alpha value is -2.19. The van der Waals surface area contributed by atoms with E-state index in [0.29, 0.717) is 41.2 Å². The molecule has 1 saturated heterocycles. The molecule has 2 heterocycles. The van der Waals surface area contributed by atoms with Gasteiger partial charge in [0.25, 0.3) is 0 Å². The van der Waals surface area contributed by atoms with E-state index in [9.17, 15) is 8.42 Å². The maximum Gasteiger partial charge on any atom is 0.244 e. The molecule has 1 aromatic heterocycles. The van der Waals surface area contributed by atoms with Crippen LogP contribution in [0.5, 0.6) is 5.75 Å². The second kappa shape index (κ2) is 8.67. The lowest BCUT2D eigenvalue weighted by molar-refractivity contribution is 0.265. The standard InChI is InChI=1S/C21H23N3O3S.ClH/c1-15-9-10-20(17-7-5-11-23-21(15)17)28(25,26)24-13-12-22-14-18(24)16-6-3-4-8-19(16)27-2;/h3-11,18,22H,12-14H2,1-2H3;1H. The number of benzene rings is 2. The number of sulfonamides is 1. The molecular weight excluding hydrogens is 410 g/mol. The molecule has 1 aliphatic heterocycles. The number of fused-ring (bicyclic) bond motifs is 1. The van der Waals surface area contributed by atoms with E-state index >= 15 is 0 Å². The molecule has 29 heavy (non-hydrogen) atoms. The quantitative estimate of drug-likeness (QED) is 0.683. The highest BCUT2D eigenvalue weighted by atomic mass is 35.5. The number of pyridine rings is 1. The van der Waals surface area contributed by atoms with Gasteiger partial charge in [-0.15, -0.1) is 12.4 Å². The van der Waals surface area contributed by atoms with Crippen LogP contribution in [0.4, 0.5) is 0 Å². The molecule has 1 unspecified atom stereocenters. The maximum atomic E-state index is 13.7. The van der Waals surface area contributed by atoms with Crippen molar-refractivity contribution in [1.29, 1.82) is 0 Å². The summed E-state index contributed by atoms with van der Waals surface area (Å²) in [6.45, 7) is 3.46. The third-order valence-electron chi connectivity index (χ3n) is 5.21. The van der Waals surface area contributed by atoms with E-state index in [1.165, 1.54) is 0 Å². The van der Waals surface area contributed by atoms with E-state index < -0.39 is 10.0 Å². The fourth-order valence-electron chi connectivity index (χ4n) is 3.82. The summed E-state index contributed by atoms with van der Waals surface area (Å²) in [7, 11) is -2.13. The number of piperazine rings is 1. The summed E-state index contributed by atoms with van der Waals surface area (Å²) in [5, 5.41) is 3.96. The molecule has 8 heteroatoms. The molecule has 1 fully saturated rings. The van der Waals surface area contributed by atoms with Crippen molar-refractivity contribution >= 4 is 33.3 Å². The van der Waals surface area contributed by atoms with Crippen LogP contribution >= 0.6 is 12.4 Å². The number of para-hydroxylation sites is 1. The molecule has 1 N–H and O–H groups in total. The summed E-state index contributed by atoms with van der Waals surface area (Å²) in [4.78, 5) is 4.68. The zero-order valence-corrected chi connectivity index (χ0v) is 18.0. The summed E-state index contributed by atoms with van der Waals surface area (Å²) in [6.07, 6.45) is 1.69. The van der Waals surface area contributed by atoms with E-state index in [1.807, 2.05) is 43.3 Å². The van der Waals surface area contributed by atoms with Crippen molar-refractivity contribution in [3.8, 4) is 5.75 Å². The van der Waals surface area contributed by atoms with Crippen LogP contribution in [0, 0.1) is 6.92 Å². The smallest absolute Gasteiger partial charge is 0.244 e. The Kier molecular flexibility index (Phi) is 6.43. The highest BCUT2D eigenvalue weighted by molar-refractivity contribution is 7.89. The Labute approximate surface area is 177 Å². The average Bonchev–Trinajstić information content (AvgIpc) is 2.74. The highest BCUT2D eigenvalue weighted by Gasteiger charge is 2.36. The van der Waals surface area contributed by atoms with E-state index in [2.05, 4.69) is 10.3 Å². The maximum absolute atomic E-state index is 13.7. The molecule has 1 aliphatic rings. The van der Waals surface area contributed by atoms with Crippen LogP contribution in [-0.4, -0.2) is 44.5 Å². The molecule has 0 saturated carbocycles. The summed E-state index contributed by atoms with van der Waals surface area (Å²) >= 11 is 0. The minimum atomic E-state index is -3.73. The minimum absolute atomic E-state index is 0. The van der Waals surface area contributed by atoms with Gasteiger partial charge in [-0.1, -0.05) is 24.3 Å². The van der Waals surface area contributed by atoms with Crippen molar-refractivity contribution in [3.05, 3.63) is 65.9 Å². The first-order valence-corrected chi connectivity index (χ1v) is 10.7. The lowest BCUT2D eigenvalue weighted by Gasteiger charge is -2.36. The number of aryl methyl sites for hydroxylation is 1. The second-order valence-corrected chi connectivity index (χ2v) is 8.72. The van der Waals surface area contributed by atoms with E-state index in [4.69, 9.17) is 4.74 Å². The van der Waals surface area contributed by atoms with E-state index in [0.717, 1.165) is 11.1 Å². The van der Waals surface area contributed by atoms with Gasteiger partial charge < -0.3 is 10.1 Å². The molecule has 6 nitrogen and oxygen atoms in total. The summed E-state index contributed by atoms with van der Waals surface area (Å²) < 4.78 is 34.5. The number of nitrogens with zero attached hydrogens (tertiary/aromatic N) is 2. The molecule has 0 radical (unpaired) electrons. The Morgan fingerprint density at radius 2 is 1.93 bits per heavy atom. The first-order chi connectivity index (χ1) is 13.5. The molecule has 1 atom stereocenters. The van der Waals surface area contributed by atoms with Crippen LogP contribution in [0.25, 0.3) is 10.9 Å². The zero-order valence-electron chi connectivity index (χ0n) is 16.3. The second-order valence-electron chi connectivity index (χ2n) is 6.86. The van der Waals surface area contributed by atoms with Crippen LogP contribution < -0.4 is 10.1 Å². The number of hydrogen-bond donors (Lipinski definition) is 1. The molecule has 3 aromatic rings. The summed E-state index contributed by atoms with van der Waals surface area (Å²) in [5.41, 5.74) is 2.53. The molecule has 4 rings (SSSR count). The Bertz CT molecular complexity index is 1120. The highest BCUT2D eigenvalue weighted by Crippen LogP contribution is 2.35. The first-order valence-electron chi connectivity index (χ1n) is 9.24. The van der Waals surface area contributed by atoms with Gasteiger partial charge in [-0.05, 0) is 36.8 Å². The number of halogens is 1. The third kappa shape index (κ3) is 3.83. The van der Waals surface area contributed by atoms with Crippen molar-refractivity contribution in [3.63, 3.8) is 0 Å². The van der Waals surface area contributed by atoms with Gasteiger partial charge in [0.2, 0.25) is 10.0 Å².